The molecule has 1 unspecified atom stereocenters. The molecule has 19 heavy (non-hydrogen) atoms. The van der Waals surface area contributed by atoms with Crippen LogP contribution in [0.4, 0.5) is 0 Å². The van der Waals surface area contributed by atoms with E-state index in [0.29, 0.717) is 18.6 Å². The smallest absolute Gasteiger partial charge is 0.258 e. The van der Waals surface area contributed by atoms with Gasteiger partial charge in [-0.1, -0.05) is 30.3 Å². The van der Waals surface area contributed by atoms with E-state index in [-0.39, 0.29) is 24.4 Å². The number of nitrogens with one attached hydrogen (secondary N) is 1. The van der Waals surface area contributed by atoms with Gasteiger partial charge in [-0.15, -0.1) is 0 Å². The van der Waals surface area contributed by atoms with Crippen molar-refractivity contribution in [2.24, 2.45) is 10.9 Å². The summed E-state index contributed by atoms with van der Waals surface area (Å²) in [6, 6.07) is 8.93. The number of nitrogens with two attached hydrogens (primary N) is 1. The van der Waals surface area contributed by atoms with Crippen molar-refractivity contribution >= 4 is 11.7 Å². The molecule has 0 spiro atoms. The zero-order valence-corrected chi connectivity index (χ0v) is 10.9. The first kappa shape index (κ1) is 14.8. The van der Waals surface area contributed by atoms with E-state index in [2.05, 4.69) is 10.5 Å². The molecule has 1 atom stereocenters. The summed E-state index contributed by atoms with van der Waals surface area (Å²) in [7, 11) is 0. The number of amidine groups is 1. The van der Waals surface area contributed by atoms with Gasteiger partial charge in [-0.25, -0.2) is 0 Å². The average Bonchev–Trinajstić information content (AvgIpc) is 2.45. The van der Waals surface area contributed by atoms with E-state index in [1.165, 1.54) is 0 Å². The Morgan fingerprint density at radius 3 is 2.74 bits per heavy atom. The monoisotopic (exact) mass is 265 g/mol. The minimum absolute atomic E-state index is 0.0588. The van der Waals surface area contributed by atoms with Gasteiger partial charge in [-0.05, 0) is 18.6 Å². The Bertz CT molecular complexity index is 420. The molecule has 0 heterocycles. The molecule has 104 valence electrons. The molecule has 1 amide bonds. The Labute approximate surface area is 112 Å². The zero-order valence-electron chi connectivity index (χ0n) is 10.9. The summed E-state index contributed by atoms with van der Waals surface area (Å²) < 4.78 is 5.32. The van der Waals surface area contributed by atoms with E-state index in [4.69, 9.17) is 15.7 Å². The summed E-state index contributed by atoms with van der Waals surface area (Å²) in [5.41, 5.74) is 5.41. The molecule has 0 saturated heterocycles. The lowest BCUT2D eigenvalue weighted by Crippen LogP contribution is -2.40. The van der Waals surface area contributed by atoms with Gasteiger partial charge in [0.25, 0.3) is 5.91 Å². The molecule has 6 heteroatoms. The van der Waals surface area contributed by atoms with Crippen molar-refractivity contribution < 1.29 is 14.7 Å². The van der Waals surface area contributed by atoms with Crippen LogP contribution in [0.1, 0.15) is 19.8 Å². The largest absolute Gasteiger partial charge is 0.484 e. The molecule has 6 nitrogen and oxygen atoms in total. The Kier molecular flexibility index (Phi) is 6.21. The minimum atomic E-state index is -0.235. The molecule has 0 radical (unpaired) electrons. The molecule has 0 aliphatic rings. The van der Waals surface area contributed by atoms with Crippen molar-refractivity contribution in [3.05, 3.63) is 30.3 Å². The summed E-state index contributed by atoms with van der Waals surface area (Å²) in [5.74, 6) is 0.500. The van der Waals surface area contributed by atoms with Crippen molar-refractivity contribution in [2.45, 2.75) is 25.8 Å². The lowest BCUT2D eigenvalue weighted by Gasteiger charge is -2.16. The highest BCUT2D eigenvalue weighted by molar-refractivity contribution is 5.82. The SMILES string of the molecule is CCC(CC(N)=NO)NC(=O)COc1ccccc1. The van der Waals surface area contributed by atoms with Crippen LogP contribution in [0.5, 0.6) is 5.75 Å². The van der Waals surface area contributed by atoms with Crippen LogP contribution >= 0.6 is 0 Å². The molecular weight excluding hydrogens is 246 g/mol. The van der Waals surface area contributed by atoms with Crippen LogP contribution in [0.3, 0.4) is 0 Å². The summed E-state index contributed by atoms with van der Waals surface area (Å²) in [6.45, 7) is 1.85. The van der Waals surface area contributed by atoms with Crippen molar-refractivity contribution in [1.82, 2.24) is 5.32 Å². The second-order valence-corrected chi connectivity index (χ2v) is 4.07. The number of para-hydroxylation sites is 1. The highest BCUT2D eigenvalue weighted by atomic mass is 16.5. The van der Waals surface area contributed by atoms with Crippen LogP contribution in [0.25, 0.3) is 0 Å². The van der Waals surface area contributed by atoms with Crippen molar-refractivity contribution in [2.75, 3.05) is 6.61 Å². The van der Waals surface area contributed by atoms with Crippen molar-refractivity contribution in [3.63, 3.8) is 0 Å². The lowest BCUT2D eigenvalue weighted by atomic mass is 10.1. The Hall–Kier alpha value is -2.24. The number of nitrogens with zero attached hydrogens (tertiary/aromatic N) is 1. The van der Waals surface area contributed by atoms with E-state index < -0.39 is 0 Å². The normalized spacial score (nSPS) is 12.8. The van der Waals surface area contributed by atoms with Gasteiger partial charge in [0.05, 0.1) is 0 Å². The fraction of sp³-hybridized carbons (Fsp3) is 0.385. The van der Waals surface area contributed by atoms with E-state index in [1.54, 1.807) is 12.1 Å². The van der Waals surface area contributed by atoms with E-state index in [1.807, 2.05) is 25.1 Å². The van der Waals surface area contributed by atoms with Gasteiger partial charge in [0.15, 0.2) is 6.61 Å². The van der Waals surface area contributed by atoms with Crippen LogP contribution in [0.2, 0.25) is 0 Å². The number of ether oxygens (including phenoxy) is 1. The number of carbonyl (C=O) groups is 1. The number of carbonyl (C=O) groups excluding carboxylic acids is 1. The number of oxime groups is 1. The topological polar surface area (TPSA) is 96.9 Å². The number of hydrogen-bond donors (Lipinski definition) is 3. The second-order valence-electron chi connectivity index (χ2n) is 4.07. The summed E-state index contributed by atoms with van der Waals surface area (Å²) in [6.07, 6.45) is 0.997. The number of benzene rings is 1. The third-order valence-corrected chi connectivity index (χ3v) is 2.56. The fourth-order valence-electron chi connectivity index (χ4n) is 1.53. The van der Waals surface area contributed by atoms with Gasteiger partial charge in [-0.2, -0.15) is 0 Å². The summed E-state index contributed by atoms with van der Waals surface area (Å²) in [5, 5.41) is 14.1. The van der Waals surface area contributed by atoms with Crippen LogP contribution < -0.4 is 15.8 Å². The lowest BCUT2D eigenvalue weighted by molar-refractivity contribution is -0.123. The highest BCUT2D eigenvalue weighted by Gasteiger charge is 2.12. The van der Waals surface area contributed by atoms with Gasteiger partial charge >= 0.3 is 0 Å². The standard InChI is InChI=1S/C13H19N3O3/c1-2-10(8-12(14)16-18)15-13(17)9-19-11-6-4-3-5-7-11/h3-7,10,18H,2,8-9H2,1H3,(H2,14,16)(H,15,17). The molecular formula is C13H19N3O3. The first-order valence-electron chi connectivity index (χ1n) is 6.09. The molecule has 0 aliphatic heterocycles. The number of hydrogen-bond acceptors (Lipinski definition) is 4. The van der Waals surface area contributed by atoms with Gasteiger partial charge in [0.1, 0.15) is 11.6 Å². The van der Waals surface area contributed by atoms with E-state index in [0.717, 1.165) is 0 Å². The third-order valence-electron chi connectivity index (χ3n) is 2.56. The van der Waals surface area contributed by atoms with Gasteiger partial charge in [0, 0.05) is 12.5 Å². The van der Waals surface area contributed by atoms with Crippen LogP contribution in [0.15, 0.2) is 35.5 Å². The van der Waals surface area contributed by atoms with Gasteiger partial charge in [0.2, 0.25) is 0 Å². The molecule has 1 aromatic carbocycles. The zero-order chi connectivity index (χ0) is 14.1. The molecule has 0 bridgehead atoms. The summed E-state index contributed by atoms with van der Waals surface area (Å²) in [4.78, 5) is 11.7. The number of rotatable bonds is 7. The first-order chi connectivity index (χ1) is 9.15. The predicted molar refractivity (Wildman–Crippen MR) is 72.2 cm³/mol. The molecule has 0 aliphatic carbocycles. The molecule has 1 rings (SSSR count). The van der Waals surface area contributed by atoms with Crippen LogP contribution in [-0.4, -0.2) is 29.6 Å². The fourth-order valence-corrected chi connectivity index (χ4v) is 1.53. The van der Waals surface area contributed by atoms with Crippen LogP contribution in [-0.2, 0) is 4.79 Å². The minimum Gasteiger partial charge on any atom is -0.484 e. The van der Waals surface area contributed by atoms with E-state index in [9.17, 15) is 4.79 Å². The predicted octanol–water partition coefficient (Wildman–Crippen LogP) is 1.10. The molecule has 1 aromatic rings. The first-order valence-corrected chi connectivity index (χ1v) is 6.09. The Balaban J connectivity index is 2.37. The maximum Gasteiger partial charge on any atom is 0.258 e. The molecule has 0 fully saturated rings. The van der Waals surface area contributed by atoms with Gasteiger partial charge < -0.3 is 21.0 Å². The molecule has 4 N–H and O–H groups in total. The van der Waals surface area contributed by atoms with Crippen molar-refractivity contribution in [3.8, 4) is 5.75 Å². The van der Waals surface area contributed by atoms with Crippen LogP contribution in [0, 0.1) is 0 Å². The maximum absolute atomic E-state index is 11.7. The average molecular weight is 265 g/mol. The Morgan fingerprint density at radius 1 is 1.47 bits per heavy atom. The van der Waals surface area contributed by atoms with Gasteiger partial charge in [-0.3, -0.25) is 4.79 Å². The third kappa shape index (κ3) is 5.76. The summed E-state index contributed by atoms with van der Waals surface area (Å²) >= 11 is 0. The quantitative estimate of drug-likeness (QED) is 0.297. The number of amides is 1. The highest BCUT2D eigenvalue weighted by Crippen LogP contribution is 2.07. The molecule has 0 aromatic heterocycles. The molecule has 0 saturated carbocycles. The van der Waals surface area contributed by atoms with E-state index >= 15 is 0 Å². The van der Waals surface area contributed by atoms with Crippen molar-refractivity contribution in [1.29, 1.82) is 0 Å². The second kappa shape index (κ2) is 7.97. The maximum atomic E-state index is 11.7. The Morgan fingerprint density at radius 2 is 2.16 bits per heavy atom.